The number of carbonyl (C=O) groups is 1. The molecule has 0 saturated carbocycles. The van der Waals surface area contributed by atoms with Crippen LogP contribution in [0, 0.1) is 0 Å². The van der Waals surface area contributed by atoms with Gasteiger partial charge in [-0.15, -0.1) is 0 Å². The summed E-state index contributed by atoms with van der Waals surface area (Å²) in [5.41, 5.74) is 0.946. The maximum absolute atomic E-state index is 12.1. The fraction of sp³-hybridized carbons (Fsp3) is 0.353. The second kappa shape index (κ2) is 7.27. The average Bonchev–Trinajstić information content (AvgIpc) is 3.27. The van der Waals surface area contributed by atoms with Crippen molar-refractivity contribution in [1.29, 1.82) is 0 Å². The summed E-state index contributed by atoms with van der Waals surface area (Å²) in [4.78, 5) is 12.1. The molecule has 128 valence electrons. The van der Waals surface area contributed by atoms with Gasteiger partial charge in [-0.25, -0.2) is 0 Å². The van der Waals surface area contributed by atoms with Crippen molar-refractivity contribution in [1.82, 2.24) is 10.6 Å². The molecule has 1 aliphatic rings. The Morgan fingerprint density at radius 3 is 2.96 bits per heavy atom. The quantitative estimate of drug-likeness (QED) is 0.805. The summed E-state index contributed by atoms with van der Waals surface area (Å²) in [5.74, 6) is 2.51. The Balaban J connectivity index is 1.54. The lowest BCUT2D eigenvalue weighted by molar-refractivity contribution is -0.123. The third kappa shape index (κ3) is 3.62. The number of hydrogen-bond donors (Lipinski definition) is 2. The minimum atomic E-state index is -0.351. The van der Waals surface area contributed by atoms with Crippen molar-refractivity contribution in [2.24, 2.45) is 0 Å². The van der Waals surface area contributed by atoms with Crippen molar-refractivity contribution in [3.05, 3.63) is 41.9 Å². The van der Waals surface area contributed by atoms with Gasteiger partial charge >= 0.3 is 0 Å². The van der Waals surface area contributed by atoms with Crippen molar-refractivity contribution in [3.63, 3.8) is 0 Å². The number of hydrogen-bond acceptors (Lipinski definition) is 6. The fourth-order valence-electron chi connectivity index (χ4n) is 2.39. The lowest BCUT2D eigenvalue weighted by Crippen LogP contribution is -2.41. The molecule has 3 rings (SSSR count). The van der Waals surface area contributed by atoms with Crippen molar-refractivity contribution in [2.45, 2.75) is 26.1 Å². The van der Waals surface area contributed by atoms with E-state index < -0.39 is 0 Å². The number of amides is 1. The molecule has 1 amide bonds. The van der Waals surface area contributed by atoms with E-state index in [-0.39, 0.29) is 18.7 Å². The Bertz CT molecular complexity index is 699. The lowest BCUT2D eigenvalue weighted by Gasteiger charge is -2.14. The second-order valence-electron chi connectivity index (χ2n) is 5.43. The van der Waals surface area contributed by atoms with Gasteiger partial charge in [0.25, 0.3) is 0 Å². The van der Waals surface area contributed by atoms with E-state index in [9.17, 15) is 4.79 Å². The maximum atomic E-state index is 12.1. The average molecular weight is 332 g/mol. The standard InChI is InChI=1S/C17H20N2O5/c1-11(17(20)19-9-13-4-3-5-22-13)18-8-12-6-14(21-2)16-15(7-12)23-10-24-16/h3-7,11,18H,8-10H2,1-2H3,(H,19,20). The largest absolute Gasteiger partial charge is 0.493 e. The third-order valence-corrected chi connectivity index (χ3v) is 3.74. The van der Waals surface area contributed by atoms with Gasteiger partial charge in [0.15, 0.2) is 11.5 Å². The van der Waals surface area contributed by atoms with E-state index in [0.29, 0.717) is 30.3 Å². The van der Waals surface area contributed by atoms with Crippen LogP contribution in [0.3, 0.4) is 0 Å². The monoisotopic (exact) mass is 332 g/mol. The van der Waals surface area contributed by atoms with Gasteiger partial charge in [-0.05, 0) is 36.8 Å². The number of rotatable bonds is 7. The summed E-state index contributed by atoms with van der Waals surface area (Å²) in [7, 11) is 1.58. The predicted molar refractivity (Wildman–Crippen MR) is 86.0 cm³/mol. The van der Waals surface area contributed by atoms with Crippen molar-refractivity contribution in [2.75, 3.05) is 13.9 Å². The van der Waals surface area contributed by atoms with Crippen molar-refractivity contribution >= 4 is 5.91 Å². The van der Waals surface area contributed by atoms with Crippen LogP contribution in [0.15, 0.2) is 34.9 Å². The molecule has 0 spiro atoms. The second-order valence-corrected chi connectivity index (χ2v) is 5.43. The molecule has 2 aromatic rings. The first-order valence-electron chi connectivity index (χ1n) is 7.67. The van der Waals surface area contributed by atoms with Crippen molar-refractivity contribution in [3.8, 4) is 17.2 Å². The molecule has 2 heterocycles. The molecule has 1 aliphatic heterocycles. The highest BCUT2D eigenvalue weighted by atomic mass is 16.7. The van der Waals surface area contributed by atoms with Crippen LogP contribution in [0.5, 0.6) is 17.2 Å². The zero-order chi connectivity index (χ0) is 16.9. The first kappa shape index (κ1) is 16.2. The first-order valence-corrected chi connectivity index (χ1v) is 7.67. The molecule has 1 aromatic heterocycles. The molecule has 0 fully saturated rings. The topological polar surface area (TPSA) is 82.0 Å². The van der Waals surface area contributed by atoms with Crippen LogP contribution >= 0.6 is 0 Å². The summed E-state index contributed by atoms with van der Waals surface area (Å²) in [6, 6.07) is 7.00. The number of nitrogens with one attached hydrogen (secondary N) is 2. The van der Waals surface area contributed by atoms with E-state index in [1.54, 1.807) is 19.4 Å². The Morgan fingerprint density at radius 2 is 2.21 bits per heavy atom. The Morgan fingerprint density at radius 1 is 1.33 bits per heavy atom. The number of carbonyl (C=O) groups excluding carboxylic acids is 1. The molecule has 0 aliphatic carbocycles. The van der Waals surface area contributed by atoms with E-state index in [4.69, 9.17) is 18.6 Å². The molecule has 24 heavy (non-hydrogen) atoms. The molecular formula is C17H20N2O5. The van der Waals surface area contributed by atoms with Gasteiger partial charge in [-0.2, -0.15) is 0 Å². The van der Waals surface area contributed by atoms with E-state index in [0.717, 1.165) is 11.3 Å². The molecule has 0 saturated heterocycles. The van der Waals surface area contributed by atoms with Gasteiger partial charge in [0.1, 0.15) is 5.76 Å². The molecule has 1 aromatic carbocycles. The van der Waals surface area contributed by atoms with Crippen LogP contribution in [-0.4, -0.2) is 25.9 Å². The van der Waals surface area contributed by atoms with Crippen LogP contribution in [0.25, 0.3) is 0 Å². The number of furan rings is 1. The summed E-state index contributed by atoms with van der Waals surface area (Å²) >= 11 is 0. The summed E-state index contributed by atoms with van der Waals surface area (Å²) in [6.07, 6.45) is 1.58. The SMILES string of the molecule is COc1cc(CNC(C)C(=O)NCc2ccco2)cc2c1OCO2. The number of fused-ring (bicyclic) bond motifs is 1. The molecule has 2 N–H and O–H groups in total. The number of benzene rings is 1. The highest BCUT2D eigenvalue weighted by Crippen LogP contribution is 2.41. The van der Waals surface area contributed by atoms with Crippen LogP contribution < -0.4 is 24.8 Å². The van der Waals surface area contributed by atoms with Crippen molar-refractivity contribution < 1.29 is 23.4 Å². The molecule has 1 atom stereocenters. The Labute approximate surface area is 139 Å². The van der Waals surface area contributed by atoms with Gasteiger partial charge in [0, 0.05) is 6.54 Å². The predicted octanol–water partition coefficient (Wildman–Crippen LogP) is 1.81. The zero-order valence-corrected chi connectivity index (χ0v) is 13.6. The van der Waals surface area contributed by atoms with E-state index >= 15 is 0 Å². The molecular weight excluding hydrogens is 312 g/mol. The smallest absolute Gasteiger partial charge is 0.237 e. The molecule has 0 radical (unpaired) electrons. The number of methoxy groups -OCH3 is 1. The Kier molecular flexibility index (Phi) is 4.90. The summed E-state index contributed by atoms with van der Waals surface area (Å²) in [6.45, 7) is 2.87. The minimum absolute atomic E-state index is 0.0980. The molecule has 7 nitrogen and oxygen atoms in total. The summed E-state index contributed by atoms with van der Waals surface area (Å²) < 4.78 is 21.3. The minimum Gasteiger partial charge on any atom is -0.493 e. The van der Waals surface area contributed by atoms with Crippen LogP contribution in [-0.2, 0) is 17.9 Å². The van der Waals surface area contributed by atoms with E-state index in [1.807, 2.05) is 25.1 Å². The normalized spacial score (nSPS) is 13.6. The van der Waals surface area contributed by atoms with Gasteiger partial charge < -0.3 is 29.3 Å². The van der Waals surface area contributed by atoms with Gasteiger partial charge in [0.2, 0.25) is 18.4 Å². The highest BCUT2D eigenvalue weighted by Gasteiger charge is 2.20. The first-order chi connectivity index (χ1) is 11.7. The summed E-state index contributed by atoms with van der Waals surface area (Å²) in [5, 5.41) is 6.00. The lowest BCUT2D eigenvalue weighted by atomic mass is 10.1. The molecule has 0 bridgehead atoms. The van der Waals surface area contributed by atoms with Gasteiger partial charge in [-0.3, -0.25) is 4.79 Å². The van der Waals surface area contributed by atoms with Crippen LogP contribution in [0.4, 0.5) is 0 Å². The maximum Gasteiger partial charge on any atom is 0.237 e. The van der Waals surface area contributed by atoms with E-state index in [2.05, 4.69) is 10.6 Å². The molecule has 7 heteroatoms. The molecule has 1 unspecified atom stereocenters. The van der Waals surface area contributed by atoms with Gasteiger partial charge in [0.05, 0.1) is 26.0 Å². The Hall–Kier alpha value is -2.67. The fourth-order valence-corrected chi connectivity index (χ4v) is 2.39. The van der Waals surface area contributed by atoms with Crippen LogP contribution in [0.2, 0.25) is 0 Å². The third-order valence-electron chi connectivity index (χ3n) is 3.74. The van der Waals surface area contributed by atoms with Gasteiger partial charge in [-0.1, -0.05) is 0 Å². The number of ether oxygens (including phenoxy) is 3. The zero-order valence-electron chi connectivity index (χ0n) is 13.6. The highest BCUT2D eigenvalue weighted by molar-refractivity contribution is 5.81. The van der Waals surface area contributed by atoms with E-state index in [1.165, 1.54) is 0 Å². The van der Waals surface area contributed by atoms with Crippen LogP contribution in [0.1, 0.15) is 18.2 Å².